The van der Waals surface area contributed by atoms with Crippen molar-refractivity contribution >= 4 is 5.97 Å². The average Bonchev–Trinajstić information content (AvgIpc) is 1.98. The zero-order chi connectivity index (χ0) is 8.85. The van der Waals surface area contributed by atoms with E-state index >= 15 is 0 Å². The Morgan fingerprint density at radius 1 is 1.64 bits per heavy atom. The number of carboxylic acid groups (broad SMARTS) is 1. The van der Waals surface area contributed by atoms with Gasteiger partial charge in [0.1, 0.15) is 12.2 Å². The van der Waals surface area contributed by atoms with E-state index < -0.39 is 18.2 Å². The summed E-state index contributed by atoms with van der Waals surface area (Å²) in [6.07, 6.45) is -0.914. The van der Waals surface area contributed by atoms with Gasteiger partial charge in [0.05, 0.1) is 0 Å². The monoisotopic (exact) mass is 164 g/mol. The molecule has 0 heterocycles. The predicted molar refractivity (Wildman–Crippen MR) is 38.8 cm³/mol. The first-order valence-corrected chi connectivity index (χ1v) is 3.42. The number of aliphatic carboxylic acids is 1. The molecule has 2 atom stereocenters. The Bertz CT molecular complexity index is 132. The van der Waals surface area contributed by atoms with E-state index in [1.165, 1.54) is 0 Å². The Morgan fingerprint density at radius 2 is 2.18 bits per heavy atom. The van der Waals surface area contributed by atoms with Crippen molar-refractivity contribution in [3.63, 3.8) is 0 Å². The third-order valence-electron chi connectivity index (χ3n) is 1.36. The van der Waals surface area contributed by atoms with Gasteiger partial charge >= 0.3 is 5.97 Å². The van der Waals surface area contributed by atoms with E-state index in [9.17, 15) is 9.18 Å². The number of rotatable bonds is 5. The predicted octanol–water partition coefficient (Wildman–Crippen LogP) is -0.525. The molecule has 4 nitrogen and oxygen atoms in total. The van der Waals surface area contributed by atoms with Gasteiger partial charge in [-0.1, -0.05) is 0 Å². The van der Waals surface area contributed by atoms with Crippen LogP contribution in [-0.4, -0.2) is 29.8 Å². The molecular formula is C6H13FN2O2. The van der Waals surface area contributed by atoms with Gasteiger partial charge < -0.3 is 16.6 Å². The van der Waals surface area contributed by atoms with Crippen molar-refractivity contribution in [2.45, 2.75) is 25.1 Å². The second-order valence-corrected chi connectivity index (χ2v) is 2.31. The first-order valence-electron chi connectivity index (χ1n) is 3.42. The molecule has 0 spiro atoms. The van der Waals surface area contributed by atoms with Crippen molar-refractivity contribution in [1.29, 1.82) is 0 Å². The molecule has 0 rings (SSSR count). The highest BCUT2D eigenvalue weighted by molar-refractivity contribution is 5.73. The second-order valence-electron chi connectivity index (χ2n) is 2.31. The molecule has 0 fully saturated rings. The number of alkyl halides is 1. The van der Waals surface area contributed by atoms with Gasteiger partial charge in [-0.15, -0.1) is 0 Å². The topological polar surface area (TPSA) is 89.3 Å². The van der Waals surface area contributed by atoms with Gasteiger partial charge in [-0.05, 0) is 19.4 Å². The highest BCUT2D eigenvalue weighted by Gasteiger charge is 2.22. The molecule has 0 aromatic heterocycles. The summed E-state index contributed by atoms with van der Waals surface area (Å²) in [6.45, 7) is 0.354. The molecule has 0 saturated heterocycles. The fraction of sp³-hybridized carbons (Fsp3) is 0.833. The van der Waals surface area contributed by atoms with E-state index in [4.69, 9.17) is 16.6 Å². The third-order valence-corrected chi connectivity index (χ3v) is 1.36. The summed E-state index contributed by atoms with van der Waals surface area (Å²) < 4.78 is 12.7. The number of carboxylic acids is 1. The van der Waals surface area contributed by atoms with Gasteiger partial charge in [-0.3, -0.25) is 4.79 Å². The van der Waals surface area contributed by atoms with Gasteiger partial charge in [0.25, 0.3) is 0 Å². The summed E-state index contributed by atoms with van der Waals surface area (Å²) in [5.41, 5.74) is 10.1. The fourth-order valence-corrected chi connectivity index (χ4v) is 0.647. The molecule has 0 aliphatic rings. The molecule has 0 aromatic carbocycles. The van der Waals surface area contributed by atoms with Crippen LogP contribution in [0.1, 0.15) is 12.8 Å². The minimum absolute atomic E-state index is 0.115. The summed E-state index contributed by atoms with van der Waals surface area (Å²) in [4.78, 5) is 10.1. The van der Waals surface area contributed by atoms with E-state index in [1.54, 1.807) is 0 Å². The van der Waals surface area contributed by atoms with Crippen LogP contribution in [0.25, 0.3) is 0 Å². The largest absolute Gasteiger partial charge is 0.480 e. The van der Waals surface area contributed by atoms with Gasteiger partial charge in [-0.2, -0.15) is 0 Å². The zero-order valence-corrected chi connectivity index (χ0v) is 6.16. The smallest absolute Gasteiger partial charge is 0.323 e. The van der Waals surface area contributed by atoms with E-state index in [2.05, 4.69) is 0 Å². The molecule has 0 bridgehead atoms. The van der Waals surface area contributed by atoms with Crippen molar-refractivity contribution in [3.8, 4) is 0 Å². The van der Waals surface area contributed by atoms with Crippen LogP contribution in [0.15, 0.2) is 0 Å². The van der Waals surface area contributed by atoms with Crippen molar-refractivity contribution in [1.82, 2.24) is 0 Å². The van der Waals surface area contributed by atoms with Crippen molar-refractivity contribution in [2.24, 2.45) is 11.5 Å². The van der Waals surface area contributed by atoms with Crippen molar-refractivity contribution in [3.05, 3.63) is 0 Å². The molecule has 0 amide bonds. The lowest BCUT2D eigenvalue weighted by atomic mass is 10.1. The molecule has 0 aliphatic carbocycles. The van der Waals surface area contributed by atoms with Crippen molar-refractivity contribution < 1.29 is 14.3 Å². The molecule has 5 heteroatoms. The van der Waals surface area contributed by atoms with Crippen LogP contribution in [0.3, 0.4) is 0 Å². The molecule has 0 aromatic rings. The van der Waals surface area contributed by atoms with Gasteiger partial charge in [0, 0.05) is 0 Å². The van der Waals surface area contributed by atoms with Crippen molar-refractivity contribution in [2.75, 3.05) is 6.54 Å². The molecule has 66 valence electrons. The summed E-state index contributed by atoms with van der Waals surface area (Å²) in [6, 6.07) is -1.42. The van der Waals surface area contributed by atoms with Gasteiger partial charge in [0.2, 0.25) is 0 Å². The van der Waals surface area contributed by atoms with E-state index in [-0.39, 0.29) is 6.42 Å². The number of nitrogens with two attached hydrogens (primary N) is 2. The second kappa shape index (κ2) is 5.03. The number of hydrogen-bond acceptors (Lipinski definition) is 3. The van der Waals surface area contributed by atoms with Crippen LogP contribution < -0.4 is 11.5 Å². The van der Waals surface area contributed by atoms with E-state index in [0.29, 0.717) is 13.0 Å². The Labute approximate surface area is 64.4 Å². The maximum absolute atomic E-state index is 12.7. The molecule has 0 saturated carbocycles. The minimum Gasteiger partial charge on any atom is -0.480 e. The molecule has 0 radical (unpaired) electrons. The Kier molecular flexibility index (Phi) is 4.72. The summed E-state index contributed by atoms with van der Waals surface area (Å²) >= 11 is 0. The summed E-state index contributed by atoms with van der Waals surface area (Å²) in [5.74, 6) is -1.31. The summed E-state index contributed by atoms with van der Waals surface area (Å²) in [5, 5.41) is 8.26. The van der Waals surface area contributed by atoms with E-state index in [1.807, 2.05) is 0 Å². The average molecular weight is 164 g/mol. The SMILES string of the molecule is NCCC[C@H](F)[C@H](N)C(=O)O. The van der Waals surface area contributed by atoms with Crippen LogP contribution in [-0.2, 0) is 4.79 Å². The standard InChI is InChI=1S/C6H13FN2O2/c7-4(2-1-3-8)5(9)6(10)11/h4-5H,1-3,8-9H2,(H,10,11)/t4-,5-/m0/s1. The molecule has 11 heavy (non-hydrogen) atoms. The normalized spacial score (nSPS) is 15.9. The highest BCUT2D eigenvalue weighted by Crippen LogP contribution is 2.04. The maximum Gasteiger partial charge on any atom is 0.323 e. The third kappa shape index (κ3) is 3.90. The number of halogens is 1. The zero-order valence-electron chi connectivity index (χ0n) is 6.16. The lowest BCUT2D eigenvalue weighted by Crippen LogP contribution is -2.39. The number of carbonyl (C=O) groups is 1. The van der Waals surface area contributed by atoms with Crippen LogP contribution in [0.4, 0.5) is 4.39 Å². The molecule has 5 N–H and O–H groups in total. The lowest BCUT2D eigenvalue weighted by Gasteiger charge is -2.10. The highest BCUT2D eigenvalue weighted by atomic mass is 19.1. The first kappa shape index (κ1) is 10.3. The molecule has 0 aliphatic heterocycles. The molecule has 0 unspecified atom stereocenters. The van der Waals surface area contributed by atoms with E-state index in [0.717, 1.165) is 0 Å². The maximum atomic E-state index is 12.7. The van der Waals surface area contributed by atoms with Crippen LogP contribution in [0.5, 0.6) is 0 Å². The lowest BCUT2D eigenvalue weighted by molar-refractivity contribution is -0.140. The quantitative estimate of drug-likeness (QED) is 0.509. The number of hydrogen-bond donors (Lipinski definition) is 3. The summed E-state index contributed by atoms with van der Waals surface area (Å²) in [7, 11) is 0. The Morgan fingerprint density at radius 3 is 2.55 bits per heavy atom. The van der Waals surface area contributed by atoms with Gasteiger partial charge in [-0.25, -0.2) is 4.39 Å². The first-order chi connectivity index (χ1) is 5.09. The van der Waals surface area contributed by atoms with Crippen LogP contribution in [0.2, 0.25) is 0 Å². The van der Waals surface area contributed by atoms with Gasteiger partial charge in [0.15, 0.2) is 0 Å². The van der Waals surface area contributed by atoms with Crippen LogP contribution >= 0.6 is 0 Å². The molecular weight excluding hydrogens is 151 g/mol. The van der Waals surface area contributed by atoms with Crippen LogP contribution in [0, 0.1) is 0 Å². The Hall–Kier alpha value is -0.680. The minimum atomic E-state index is -1.49. The fourth-order valence-electron chi connectivity index (χ4n) is 0.647. The Balaban J connectivity index is 3.63.